The maximum Gasteiger partial charge on any atom is 0.340 e. The van der Waals surface area contributed by atoms with Gasteiger partial charge in [0, 0.05) is 29.1 Å². The normalized spacial score (nSPS) is 10.4. The number of ether oxygens (including phenoxy) is 1. The van der Waals surface area contributed by atoms with E-state index < -0.39 is 5.97 Å². The highest BCUT2D eigenvalue weighted by Crippen LogP contribution is 2.22. The van der Waals surface area contributed by atoms with Gasteiger partial charge < -0.3 is 14.6 Å². The van der Waals surface area contributed by atoms with Gasteiger partial charge in [0.05, 0.1) is 19.2 Å². The van der Waals surface area contributed by atoms with Gasteiger partial charge in [-0.1, -0.05) is 18.5 Å². The quantitative estimate of drug-likeness (QED) is 0.822. The minimum atomic E-state index is -0.399. The molecule has 112 valence electrons. The fourth-order valence-corrected chi connectivity index (χ4v) is 2.38. The van der Waals surface area contributed by atoms with Gasteiger partial charge in [0.2, 0.25) is 0 Å². The fraction of sp³-hybridized carbons (Fsp3) is 0.312. The minimum absolute atomic E-state index is 0.399. The molecule has 0 bridgehead atoms. The summed E-state index contributed by atoms with van der Waals surface area (Å²) < 4.78 is 6.98. The van der Waals surface area contributed by atoms with Crippen LogP contribution in [0.3, 0.4) is 0 Å². The summed E-state index contributed by atoms with van der Waals surface area (Å²) in [6.07, 6.45) is 3.14. The number of carbonyl (C=O) groups is 1. The van der Waals surface area contributed by atoms with Crippen LogP contribution >= 0.6 is 11.6 Å². The highest BCUT2D eigenvalue weighted by atomic mass is 35.5. The van der Waals surface area contributed by atoms with Crippen molar-refractivity contribution in [3.05, 3.63) is 52.8 Å². The van der Waals surface area contributed by atoms with E-state index in [1.165, 1.54) is 12.8 Å². The first-order valence-electron chi connectivity index (χ1n) is 6.91. The van der Waals surface area contributed by atoms with Gasteiger partial charge in [0.1, 0.15) is 0 Å². The van der Waals surface area contributed by atoms with E-state index in [1.807, 2.05) is 6.07 Å². The Morgan fingerprint density at radius 1 is 1.38 bits per heavy atom. The molecule has 0 saturated carbocycles. The molecule has 2 aromatic rings. The SMILES string of the molecule is CCCn1cccc1CNc1ccc(Cl)cc1C(=O)OC. The van der Waals surface area contributed by atoms with Gasteiger partial charge in [-0.05, 0) is 36.8 Å². The molecule has 0 aliphatic rings. The van der Waals surface area contributed by atoms with Crippen molar-refractivity contribution < 1.29 is 9.53 Å². The van der Waals surface area contributed by atoms with Gasteiger partial charge in [-0.3, -0.25) is 0 Å². The fourth-order valence-electron chi connectivity index (χ4n) is 2.20. The van der Waals surface area contributed by atoms with E-state index in [4.69, 9.17) is 16.3 Å². The molecule has 0 amide bonds. The molecule has 21 heavy (non-hydrogen) atoms. The van der Waals surface area contributed by atoms with Crippen LogP contribution in [0.2, 0.25) is 5.02 Å². The molecule has 0 radical (unpaired) electrons. The molecule has 0 aliphatic carbocycles. The number of halogens is 1. The lowest BCUT2D eigenvalue weighted by Crippen LogP contribution is -2.11. The van der Waals surface area contributed by atoms with Crippen molar-refractivity contribution >= 4 is 23.3 Å². The van der Waals surface area contributed by atoms with Crippen LogP contribution in [-0.2, 0) is 17.8 Å². The number of anilines is 1. The van der Waals surface area contributed by atoms with Crippen LogP contribution in [-0.4, -0.2) is 17.6 Å². The number of nitrogens with one attached hydrogen (secondary N) is 1. The largest absolute Gasteiger partial charge is 0.465 e. The van der Waals surface area contributed by atoms with Gasteiger partial charge in [0.25, 0.3) is 0 Å². The van der Waals surface area contributed by atoms with Gasteiger partial charge in [0.15, 0.2) is 0 Å². The predicted molar refractivity (Wildman–Crippen MR) is 84.8 cm³/mol. The Hall–Kier alpha value is -1.94. The molecule has 0 fully saturated rings. The summed E-state index contributed by atoms with van der Waals surface area (Å²) in [6.45, 7) is 3.76. The summed E-state index contributed by atoms with van der Waals surface area (Å²) in [5.41, 5.74) is 2.33. The maximum atomic E-state index is 11.8. The molecule has 0 atom stereocenters. The first-order valence-corrected chi connectivity index (χ1v) is 7.29. The minimum Gasteiger partial charge on any atom is -0.465 e. The van der Waals surface area contributed by atoms with Crippen LogP contribution in [0, 0.1) is 0 Å². The lowest BCUT2D eigenvalue weighted by molar-refractivity contribution is 0.0602. The van der Waals surface area contributed by atoms with E-state index in [0.29, 0.717) is 17.1 Å². The van der Waals surface area contributed by atoms with Crippen LogP contribution in [0.15, 0.2) is 36.5 Å². The zero-order chi connectivity index (χ0) is 15.2. The van der Waals surface area contributed by atoms with E-state index in [9.17, 15) is 4.79 Å². The lowest BCUT2D eigenvalue weighted by atomic mass is 10.1. The van der Waals surface area contributed by atoms with Crippen molar-refractivity contribution in [2.45, 2.75) is 26.4 Å². The summed E-state index contributed by atoms with van der Waals surface area (Å²) in [5.74, 6) is -0.399. The predicted octanol–water partition coefficient (Wildman–Crippen LogP) is 3.95. The Morgan fingerprint density at radius 3 is 2.90 bits per heavy atom. The molecule has 5 heteroatoms. The standard InChI is InChI=1S/C16H19ClN2O2/c1-3-8-19-9-4-5-13(19)11-18-15-7-6-12(17)10-14(15)16(20)21-2/h4-7,9-10,18H,3,8,11H2,1-2H3. The first kappa shape index (κ1) is 15.4. The molecule has 2 rings (SSSR count). The molecule has 4 nitrogen and oxygen atoms in total. The van der Waals surface area contributed by atoms with Gasteiger partial charge in [-0.25, -0.2) is 4.79 Å². The van der Waals surface area contributed by atoms with Crippen molar-refractivity contribution in [2.75, 3.05) is 12.4 Å². The van der Waals surface area contributed by atoms with Crippen LogP contribution in [0.5, 0.6) is 0 Å². The number of methoxy groups -OCH3 is 1. The third kappa shape index (κ3) is 3.79. The topological polar surface area (TPSA) is 43.3 Å². The Morgan fingerprint density at radius 2 is 2.19 bits per heavy atom. The van der Waals surface area contributed by atoms with Crippen molar-refractivity contribution in [2.24, 2.45) is 0 Å². The second-order valence-electron chi connectivity index (χ2n) is 4.73. The highest BCUT2D eigenvalue weighted by molar-refractivity contribution is 6.31. The van der Waals surface area contributed by atoms with Gasteiger partial charge in [-0.15, -0.1) is 0 Å². The Bertz CT molecular complexity index is 622. The molecule has 0 saturated heterocycles. The molecular weight excluding hydrogens is 288 g/mol. The first-order chi connectivity index (χ1) is 10.2. The van der Waals surface area contributed by atoms with E-state index in [0.717, 1.165) is 18.7 Å². The van der Waals surface area contributed by atoms with Gasteiger partial charge >= 0.3 is 5.97 Å². The third-order valence-corrected chi connectivity index (χ3v) is 3.47. The number of rotatable bonds is 6. The molecule has 0 unspecified atom stereocenters. The second kappa shape index (κ2) is 7.18. The second-order valence-corrected chi connectivity index (χ2v) is 5.16. The summed E-state index contributed by atoms with van der Waals surface area (Å²) >= 11 is 5.94. The summed E-state index contributed by atoms with van der Waals surface area (Å²) in [4.78, 5) is 11.8. The zero-order valence-electron chi connectivity index (χ0n) is 12.2. The smallest absolute Gasteiger partial charge is 0.340 e. The average molecular weight is 307 g/mol. The molecule has 0 spiro atoms. The number of aryl methyl sites for hydroxylation is 1. The van der Waals surface area contributed by atoms with Crippen LogP contribution < -0.4 is 5.32 Å². The van der Waals surface area contributed by atoms with Crippen molar-refractivity contribution in [1.29, 1.82) is 0 Å². The summed E-state index contributed by atoms with van der Waals surface area (Å²) in [6, 6.07) is 9.25. The third-order valence-electron chi connectivity index (χ3n) is 3.23. The van der Waals surface area contributed by atoms with E-state index in [2.05, 4.69) is 29.1 Å². The van der Waals surface area contributed by atoms with Crippen LogP contribution in [0.25, 0.3) is 0 Å². The molecule has 0 aliphatic heterocycles. The molecular formula is C16H19ClN2O2. The maximum absolute atomic E-state index is 11.8. The van der Waals surface area contributed by atoms with Crippen LogP contribution in [0.4, 0.5) is 5.69 Å². The Balaban J connectivity index is 2.16. The number of esters is 1. The number of hydrogen-bond acceptors (Lipinski definition) is 3. The molecule has 1 aromatic heterocycles. The number of nitrogens with zero attached hydrogens (tertiary/aromatic N) is 1. The average Bonchev–Trinajstić information content (AvgIpc) is 2.93. The number of benzene rings is 1. The zero-order valence-corrected chi connectivity index (χ0v) is 13.0. The Kier molecular flexibility index (Phi) is 5.28. The monoisotopic (exact) mass is 306 g/mol. The van der Waals surface area contributed by atoms with Crippen molar-refractivity contribution in [1.82, 2.24) is 4.57 Å². The molecule has 1 heterocycles. The highest BCUT2D eigenvalue weighted by Gasteiger charge is 2.12. The number of aromatic nitrogens is 1. The Labute approximate surface area is 129 Å². The van der Waals surface area contributed by atoms with E-state index >= 15 is 0 Å². The van der Waals surface area contributed by atoms with Crippen molar-refractivity contribution in [3.8, 4) is 0 Å². The molecule has 1 N–H and O–H groups in total. The summed E-state index contributed by atoms with van der Waals surface area (Å²) in [5, 5.41) is 3.79. The lowest BCUT2D eigenvalue weighted by Gasteiger charge is -2.13. The van der Waals surface area contributed by atoms with E-state index in [-0.39, 0.29) is 0 Å². The van der Waals surface area contributed by atoms with Gasteiger partial charge in [-0.2, -0.15) is 0 Å². The van der Waals surface area contributed by atoms with Crippen LogP contribution in [0.1, 0.15) is 29.4 Å². The number of hydrogen-bond donors (Lipinski definition) is 1. The number of carbonyl (C=O) groups excluding carboxylic acids is 1. The van der Waals surface area contributed by atoms with Crippen molar-refractivity contribution in [3.63, 3.8) is 0 Å². The van der Waals surface area contributed by atoms with E-state index in [1.54, 1.807) is 18.2 Å². The summed E-state index contributed by atoms with van der Waals surface area (Å²) in [7, 11) is 1.36. The molecule has 1 aromatic carbocycles.